The van der Waals surface area contributed by atoms with E-state index in [0.29, 0.717) is 0 Å². The molecule has 0 fully saturated rings. The predicted molar refractivity (Wildman–Crippen MR) is 40.2 cm³/mol. The largest absolute Gasteiger partial charge is 0.477 e. The van der Waals surface area contributed by atoms with Crippen LogP contribution in [0, 0.1) is 0 Å². The van der Waals surface area contributed by atoms with Crippen LogP contribution in [0.1, 0.15) is 10.5 Å². The molecule has 15 heavy (non-hydrogen) atoms. The topological polar surface area (TPSA) is 95.1 Å². The van der Waals surface area contributed by atoms with Crippen LogP contribution < -0.4 is 5.32 Å². The van der Waals surface area contributed by atoms with Gasteiger partial charge in [-0.05, 0) is 0 Å². The number of aromatic carboxylic acids is 1. The van der Waals surface area contributed by atoms with Gasteiger partial charge in [0.05, 0.1) is 0 Å². The van der Waals surface area contributed by atoms with E-state index in [0.717, 1.165) is 6.07 Å². The number of nitrogens with zero attached hydrogens (tertiary/aromatic N) is 1. The summed E-state index contributed by atoms with van der Waals surface area (Å²) in [5.74, 6) is -4.12. The van der Waals surface area contributed by atoms with E-state index in [1.54, 1.807) is 0 Å². The normalized spacial score (nSPS) is 11.1. The average Bonchev–Trinajstić information content (AvgIpc) is 2.50. The molecule has 1 rings (SSSR count). The standard InChI is InChI=1S/C6H4F3N3O3/c7-6(8,9)5(15)10-3-1-2(4(13)14)11-12-3/h1H,(H,13,14)(H2,10,11,12,15). The molecule has 0 aliphatic carbocycles. The van der Waals surface area contributed by atoms with Gasteiger partial charge in [0.1, 0.15) is 5.69 Å². The number of rotatable bonds is 2. The lowest BCUT2D eigenvalue weighted by Crippen LogP contribution is -2.30. The van der Waals surface area contributed by atoms with Crippen molar-refractivity contribution in [1.82, 2.24) is 10.2 Å². The third-order valence-corrected chi connectivity index (χ3v) is 1.31. The van der Waals surface area contributed by atoms with E-state index in [1.165, 1.54) is 5.32 Å². The molecule has 0 atom stereocenters. The number of H-pyrrole nitrogens is 1. The third kappa shape index (κ3) is 2.69. The quantitative estimate of drug-likeness (QED) is 0.684. The second kappa shape index (κ2) is 3.59. The van der Waals surface area contributed by atoms with Crippen molar-refractivity contribution >= 4 is 17.7 Å². The minimum Gasteiger partial charge on any atom is -0.477 e. The molecule has 6 nitrogen and oxygen atoms in total. The molecule has 0 bridgehead atoms. The number of hydrogen-bond donors (Lipinski definition) is 3. The van der Waals surface area contributed by atoms with Crippen LogP contribution in [0.3, 0.4) is 0 Å². The summed E-state index contributed by atoms with van der Waals surface area (Å²) in [4.78, 5) is 20.7. The molecule has 0 saturated carbocycles. The molecule has 0 aliphatic rings. The Morgan fingerprint density at radius 2 is 2.07 bits per heavy atom. The maximum Gasteiger partial charge on any atom is 0.471 e. The number of nitrogens with one attached hydrogen (secondary N) is 2. The molecule has 0 saturated heterocycles. The summed E-state index contributed by atoms with van der Waals surface area (Å²) >= 11 is 0. The molecule has 1 heterocycles. The number of aromatic nitrogens is 2. The van der Waals surface area contributed by atoms with Crippen LogP contribution in [0.4, 0.5) is 19.0 Å². The van der Waals surface area contributed by atoms with Crippen molar-refractivity contribution in [3.63, 3.8) is 0 Å². The van der Waals surface area contributed by atoms with Gasteiger partial charge in [0.2, 0.25) is 0 Å². The summed E-state index contributed by atoms with van der Waals surface area (Å²) in [5, 5.41) is 14.9. The van der Waals surface area contributed by atoms with Crippen molar-refractivity contribution < 1.29 is 27.9 Å². The Balaban J connectivity index is 2.74. The molecule has 0 unspecified atom stereocenters. The van der Waals surface area contributed by atoms with E-state index in [2.05, 4.69) is 5.10 Å². The molecule has 0 spiro atoms. The zero-order valence-electron chi connectivity index (χ0n) is 6.92. The maximum atomic E-state index is 11.7. The van der Waals surface area contributed by atoms with Gasteiger partial charge in [0, 0.05) is 6.07 Å². The minimum absolute atomic E-state index is 0.424. The second-order valence-electron chi connectivity index (χ2n) is 2.42. The molecular weight excluding hydrogens is 219 g/mol. The summed E-state index contributed by atoms with van der Waals surface area (Å²) in [7, 11) is 0. The van der Waals surface area contributed by atoms with Crippen molar-refractivity contribution in [3.8, 4) is 0 Å². The monoisotopic (exact) mass is 223 g/mol. The lowest BCUT2D eigenvalue weighted by atomic mass is 10.4. The number of amides is 1. The highest BCUT2D eigenvalue weighted by atomic mass is 19.4. The van der Waals surface area contributed by atoms with Crippen molar-refractivity contribution in [2.75, 3.05) is 5.32 Å². The van der Waals surface area contributed by atoms with Gasteiger partial charge in [-0.15, -0.1) is 0 Å². The Morgan fingerprint density at radius 1 is 1.47 bits per heavy atom. The first-order chi connectivity index (χ1) is 6.80. The highest BCUT2D eigenvalue weighted by Crippen LogP contribution is 2.17. The molecule has 3 N–H and O–H groups in total. The molecule has 0 aromatic carbocycles. The van der Waals surface area contributed by atoms with Gasteiger partial charge in [-0.25, -0.2) is 4.79 Å². The van der Waals surface area contributed by atoms with E-state index in [4.69, 9.17) is 5.11 Å². The molecule has 1 amide bonds. The lowest BCUT2D eigenvalue weighted by molar-refractivity contribution is -0.167. The van der Waals surface area contributed by atoms with Crippen molar-refractivity contribution in [3.05, 3.63) is 11.8 Å². The molecule has 0 radical (unpaired) electrons. The van der Waals surface area contributed by atoms with Crippen LogP contribution in [0.25, 0.3) is 0 Å². The van der Waals surface area contributed by atoms with Gasteiger partial charge in [0.25, 0.3) is 0 Å². The van der Waals surface area contributed by atoms with Crippen LogP contribution >= 0.6 is 0 Å². The number of alkyl halides is 3. The first kappa shape index (κ1) is 11.0. The van der Waals surface area contributed by atoms with Gasteiger partial charge in [-0.3, -0.25) is 9.89 Å². The van der Waals surface area contributed by atoms with E-state index >= 15 is 0 Å². The number of halogens is 3. The van der Waals surface area contributed by atoms with Crippen molar-refractivity contribution in [2.24, 2.45) is 0 Å². The van der Waals surface area contributed by atoms with E-state index in [1.807, 2.05) is 5.10 Å². The van der Waals surface area contributed by atoms with Gasteiger partial charge in [-0.1, -0.05) is 0 Å². The first-order valence-electron chi connectivity index (χ1n) is 3.47. The van der Waals surface area contributed by atoms with Gasteiger partial charge in [-0.2, -0.15) is 18.3 Å². The number of carbonyl (C=O) groups is 2. The summed E-state index contributed by atoms with van der Waals surface area (Å²) in [6, 6.07) is 0.770. The Morgan fingerprint density at radius 3 is 2.47 bits per heavy atom. The summed E-state index contributed by atoms with van der Waals surface area (Å²) in [5.41, 5.74) is -0.424. The van der Waals surface area contributed by atoms with Crippen LogP contribution in [-0.2, 0) is 4.79 Å². The fourth-order valence-corrected chi connectivity index (χ4v) is 0.683. The lowest BCUT2D eigenvalue weighted by Gasteiger charge is -2.03. The third-order valence-electron chi connectivity index (χ3n) is 1.31. The highest BCUT2D eigenvalue weighted by molar-refractivity contribution is 5.95. The van der Waals surface area contributed by atoms with Crippen LogP contribution in [0.15, 0.2) is 6.07 Å². The smallest absolute Gasteiger partial charge is 0.471 e. The van der Waals surface area contributed by atoms with Gasteiger partial charge < -0.3 is 10.4 Å². The predicted octanol–water partition coefficient (Wildman–Crippen LogP) is 0.609. The fraction of sp³-hybridized carbons (Fsp3) is 0.167. The number of carboxylic acids is 1. The van der Waals surface area contributed by atoms with E-state index in [-0.39, 0.29) is 0 Å². The average molecular weight is 223 g/mol. The molecule has 0 aliphatic heterocycles. The van der Waals surface area contributed by atoms with Crippen molar-refractivity contribution in [1.29, 1.82) is 0 Å². The summed E-state index contributed by atoms with van der Waals surface area (Å²) < 4.78 is 35.2. The number of aromatic amines is 1. The SMILES string of the molecule is O=C(O)c1cc(NC(=O)C(F)(F)F)n[nH]1. The van der Waals surface area contributed by atoms with Crippen molar-refractivity contribution in [2.45, 2.75) is 6.18 Å². The highest BCUT2D eigenvalue weighted by Gasteiger charge is 2.39. The maximum absolute atomic E-state index is 11.7. The van der Waals surface area contributed by atoms with Crippen LogP contribution in [0.5, 0.6) is 0 Å². The van der Waals surface area contributed by atoms with Crippen LogP contribution in [-0.4, -0.2) is 33.4 Å². The Hall–Kier alpha value is -2.06. The molecule has 9 heteroatoms. The molecule has 82 valence electrons. The number of anilines is 1. The molecular formula is C6H4F3N3O3. The Kier molecular flexibility index (Phi) is 2.64. The summed E-state index contributed by atoms with van der Waals surface area (Å²) in [6.45, 7) is 0. The van der Waals surface area contributed by atoms with Crippen LogP contribution in [0.2, 0.25) is 0 Å². The number of carboxylic acid groups (broad SMARTS) is 1. The van der Waals surface area contributed by atoms with E-state index < -0.39 is 29.6 Å². The minimum atomic E-state index is -5.04. The van der Waals surface area contributed by atoms with Gasteiger partial charge >= 0.3 is 18.1 Å². The number of carbonyl (C=O) groups excluding carboxylic acids is 1. The number of hydrogen-bond acceptors (Lipinski definition) is 3. The first-order valence-corrected chi connectivity index (χ1v) is 3.47. The molecule has 1 aromatic heterocycles. The Labute approximate surface area is 80.1 Å². The molecule has 1 aromatic rings. The zero-order chi connectivity index (χ0) is 11.6. The fourth-order valence-electron chi connectivity index (χ4n) is 0.683. The Bertz CT molecular complexity index is 398. The summed E-state index contributed by atoms with van der Waals surface area (Å²) in [6.07, 6.45) is -5.04. The second-order valence-corrected chi connectivity index (χ2v) is 2.42. The van der Waals surface area contributed by atoms with E-state index in [9.17, 15) is 22.8 Å². The van der Waals surface area contributed by atoms with Gasteiger partial charge in [0.15, 0.2) is 5.82 Å². The zero-order valence-corrected chi connectivity index (χ0v) is 6.92.